The van der Waals surface area contributed by atoms with Crippen LogP contribution in [0.2, 0.25) is 0 Å². The summed E-state index contributed by atoms with van der Waals surface area (Å²) in [4.78, 5) is 10.4. The van der Waals surface area contributed by atoms with E-state index >= 15 is 0 Å². The summed E-state index contributed by atoms with van der Waals surface area (Å²) in [5.74, 6) is 1.14. The van der Waals surface area contributed by atoms with Crippen LogP contribution in [0.1, 0.15) is 18.4 Å². The summed E-state index contributed by atoms with van der Waals surface area (Å²) in [6, 6.07) is 4.89. The SMILES string of the molecule is Cc1cc(OCC2CCNCC2)cc([N+](=O)[O-])c1. The second-order valence-electron chi connectivity index (χ2n) is 4.77. The third-order valence-corrected chi connectivity index (χ3v) is 3.19. The largest absolute Gasteiger partial charge is 0.493 e. The van der Waals surface area contributed by atoms with Crippen LogP contribution in [0.15, 0.2) is 18.2 Å². The fourth-order valence-corrected chi connectivity index (χ4v) is 2.18. The van der Waals surface area contributed by atoms with Crippen molar-refractivity contribution in [3.8, 4) is 5.75 Å². The van der Waals surface area contributed by atoms with Crippen molar-refractivity contribution in [3.63, 3.8) is 0 Å². The highest BCUT2D eigenvalue weighted by molar-refractivity contribution is 5.42. The predicted molar refractivity (Wildman–Crippen MR) is 68.9 cm³/mol. The molecule has 0 unspecified atom stereocenters. The molecule has 0 atom stereocenters. The van der Waals surface area contributed by atoms with Gasteiger partial charge in [-0.25, -0.2) is 0 Å². The molecule has 0 radical (unpaired) electrons. The zero-order valence-electron chi connectivity index (χ0n) is 10.5. The molecule has 18 heavy (non-hydrogen) atoms. The molecular weight excluding hydrogens is 232 g/mol. The minimum Gasteiger partial charge on any atom is -0.493 e. The molecule has 1 aromatic carbocycles. The normalized spacial score (nSPS) is 16.5. The first-order valence-electron chi connectivity index (χ1n) is 6.25. The van der Waals surface area contributed by atoms with Gasteiger partial charge in [0, 0.05) is 6.07 Å². The molecule has 1 fully saturated rings. The number of ether oxygens (including phenoxy) is 1. The fraction of sp³-hybridized carbons (Fsp3) is 0.538. The molecular formula is C13H18N2O3. The molecule has 98 valence electrons. The van der Waals surface area contributed by atoms with Crippen LogP contribution >= 0.6 is 0 Å². The van der Waals surface area contributed by atoms with E-state index in [9.17, 15) is 10.1 Å². The first kappa shape index (κ1) is 12.8. The summed E-state index contributed by atoms with van der Waals surface area (Å²) in [6.45, 7) is 4.54. The number of hydrogen-bond acceptors (Lipinski definition) is 4. The minimum absolute atomic E-state index is 0.0929. The highest BCUT2D eigenvalue weighted by atomic mass is 16.6. The molecule has 1 aliphatic rings. The van der Waals surface area contributed by atoms with Gasteiger partial charge in [0.1, 0.15) is 5.75 Å². The summed E-state index contributed by atoms with van der Waals surface area (Å²) in [5, 5.41) is 14.1. The maximum atomic E-state index is 10.8. The van der Waals surface area contributed by atoms with Gasteiger partial charge in [-0.3, -0.25) is 10.1 Å². The molecule has 0 aromatic heterocycles. The lowest BCUT2D eigenvalue weighted by Gasteiger charge is -2.22. The maximum Gasteiger partial charge on any atom is 0.273 e. The number of nitrogens with zero attached hydrogens (tertiary/aromatic N) is 1. The Bertz CT molecular complexity index is 428. The van der Waals surface area contributed by atoms with Crippen molar-refractivity contribution in [2.24, 2.45) is 5.92 Å². The van der Waals surface area contributed by atoms with E-state index in [1.165, 1.54) is 6.07 Å². The highest BCUT2D eigenvalue weighted by Gasteiger charge is 2.15. The summed E-state index contributed by atoms with van der Waals surface area (Å²) < 4.78 is 5.68. The van der Waals surface area contributed by atoms with E-state index in [1.807, 2.05) is 13.0 Å². The molecule has 1 saturated heterocycles. The fourth-order valence-electron chi connectivity index (χ4n) is 2.18. The van der Waals surface area contributed by atoms with Gasteiger partial charge in [0.2, 0.25) is 0 Å². The number of benzene rings is 1. The molecule has 1 aromatic rings. The number of piperidine rings is 1. The number of non-ortho nitro benzene ring substituents is 1. The molecule has 0 saturated carbocycles. The number of aryl methyl sites for hydroxylation is 1. The van der Waals surface area contributed by atoms with Gasteiger partial charge in [-0.1, -0.05) is 0 Å². The van der Waals surface area contributed by atoms with Crippen molar-refractivity contribution in [3.05, 3.63) is 33.9 Å². The molecule has 0 bridgehead atoms. The standard InChI is InChI=1S/C13H18N2O3/c1-10-6-12(15(16)17)8-13(7-10)18-9-11-2-4-14-5-3-11/h6-8,11,14H,2-5,9H2,1H3. The van der Waals surface area contributed by atoms with Gasteiger partial charge in [-0.2, -0.15) is 0 Å². The summed E-state index contributed by atoms with van der Waals surface area (Å²) >= 11 is 0. The van der Waals surface area contributed by atoms with Crippen LogP contribution in [-0.4, -0.2) is 24.6 Å². The molecule has 0 spiro atoms. The summed E-state index contributed by atoms with van der Waals surface area (Å²) in [5.41, 5.74) is 0.944. The zero-order chi connectivity index (χ0) is 13.0. The van der Waals surface area contributed by atoms with Gasteiger partial charge in [-0.15, -0.1) is 0 Å². The highest BCUT2D eigenvalue weighted by Crippen LogP contribution is 2.23. The molecule has 0 amide bonds. The lowest BCUT2D eigenvalue weighted by atomic mass is 9.99. The maximum absolute atomic E-state index is 10.8. The van der Waals surface area contributed by atoms with E-state index in [0.29, 0.717) is 18.3 Å². The average Bonchev–Trinajstić information content (AvgIpc) is 2.37. The Labute approximate surface area is 106 Å². The Morgan fingerprint density at radius 2 is 2.11 bits per heavy atom. The van der Waals surface area contributed by atoms with E-state index in [-0.39, 0.29) is 10.6 Å². The molecule has 1 N–H and O–H groups in total. The Kier molecular flexibility index (Phi) is 4.15. The smallest absolute Gasteiger partial charge is 0.273 e. The first-order valence-corrected chi connectivity index (χ1v) is 6.25. The third kappa shape index (κ3) is 3.43. The van der Waals surface area contributed by atoms with Gasteiger partial charge in [0.25, 0.3) is 5.69 Å². The second kappa shape index (κ2) is 5.82. The van der Waals surface area contributed by atoms with Crippen LogP contribution < -0.4 is 10.1 Å². The zero-order valence-corrected chi connectivity index (χ0v) is 10.5. The summed E-state index contributed by atoms with van der Waals surface area (Å²) in [7, 11) is 0. The van der Waals surface area contributed by atoms with Crippen LogP contribution in [0.3, 0.4) is 0 Å². The van der Waals surface area contributed by atoms with Gasteiger partial charge >= 0.3 is 0 Å². The van der Waals surface area contributed by atoms with Crippen molar-refractivity contribution in [1.82, 2.24) is 5.32 Å². The van der Waals surface area contributed by atoms with Gasteiger partial charge in [-0.05, 0) is 50.4 Å². The van der Waals surface area contributed by atoms with Gasteiger partial charge in [0.05, 0.1) is 17.6 Å². The molecule has 1 heterocycles. The van der Waals surface area contributed by atoms with Gasteiger partial charge < -0.3 is 10.1 Å². The van der Waals surface area contributed by atoms with Crippen molar-refractivity contribution in [2.45, 2.75) is 19.8 Å². The van der Waals surface area contributed by atoms with Crippen LogP contribution in [0, 0.1) is 23.0 Å². The monoisotopic (exact) mass is 250 g/mol. The quantitative estimate of drug-likeness (QED) is 0.657. The minimum atomic E-state index is -0.385. The Morgan fingerprint density at radius 3 is 2.78 bits per heavy atom. The van der Waals surface area contributed by atoms with E-state index in [2.05, 4.69) is 5.32 Å². The number of hydrogen-bond donors (Lipinski definition) is 1. The van der Waals surface area contributed by atoms with E-state index in [0.717, 1.165) is 31.5 Å². The Morgan fingerprint density at radius 1 is 1.39 bits per heavy atom. The lowest BCUT2D eigenvalue weighted by molar-refractivity contribution is -0.385. The van der Waals surface area contributed by atoms with Crippen molar-refractivity contribution in [1.29, 1.82) is 0 Å². The number of nitrogens with one attached hydrogen (secondary N) is 1. The molecule has 1 aliphatic heterocycles. The first-order chi connectivity index (χ1) is 8.65. The van der Waals surface area contributed by atoms with Crippen LogP contribution in [0.5, 0.6) is 5.75 Å². The van der Waals surface area contributed by atoms with Crippen molar-refractivity contribution < 1.29 is 9.66 Å². The number of nitro groups is 1. The Hall–Kier alpha value is -1.62. The predicted octanol–water partition coefficient (Wildman–Crippen LogP) is 2.28. The lowest BCUT2D eigenvalue weighted by Crippen LogP contribution is -2.30. The Balaban J connectivity index is 1.97. The van der Waals surface area contributed by atoms with Gasteiger partial charge in [0.15, 0.2) is 0 Å². The second-order valence-corrected chi connectivity index (χ2v) is 4.77. The van der Waals surface area contributed by atoms with Crippen LogP contribution in [-0.2, 0) is 0 Å². The van der Waals surface area contributed by atoms with Crippen molar-refractivity contribution in [2.75, 3.05) is 19.7 Å². The van der Waals surface area contributed by atoms with Crippen LogP contribution in [0.25, 0.3) is 0 Å². The molecule has 5 heteroatoms. The third-order valence-electron chi connectivity index (χ3n) is 3.19. The topological polar surface area (TPSA) is 64.4 Å². The number of rotatable bonds is 4. The van der Waals surface area contributed by atoms with Crippen LogP contribution in [0.4, 0.5) is 5.69 Å². The summed E-state index contributed by atoms with van der Waals surface area (Å²) in [6.07, 6.45) is 2.21. The molecule has 5 nitrogen and oxygen atoms in total. The van der Waals surface area contributed by atoms with E-state index in [1.54, 1.807) is 6.07 Å². The average molecular weight is 250 g/mol. The van der Waals surface area contributed by atoms with Crippen molar-refractivity contribution >= 4 is 5.69 Å². The van der Waals surface area contributed by atoms with E-state index < -0.39 is 0 Å². The number of nitro benzene ring substituents is 1. The molecule has 2 rings (SSSR count). The van der Waals surface area contributed by atoms with E-state index in [4.69, 9.17) is 4.74 Å². The molecule has 0 aliphatic carbocycles.